The van der Waals surface area contributed by atoms with Crippen LogP contribution < -0.4 is 19.5 Å². The van der Waals surface area contributed by atoms with Crippen LogP contribution in [0, 0.1) is 0 Å². The van der Waals surface area contributed by atoms with Crippen LogP contribution in [0.4, 0.5) is 0 Å². The number of nitrogens with one attached hydrogen (secondary N) is 1. The maximum Gasteiger partial charge on any atom is 0.175 e. The van der Waals surface area contributed by atoms with E-state index in [1.807, 2.05) is 55.5 Å². The molecule has 164 valence electrons. The SMILES string of the molecule is CCOc1cc(CNCCc2ccccc2OC)cc(Br)c1OCc1ccc(Cl)cc1. The Balaban J connectivity index is 1.61. The molecule has 0 saturated heterocycles. The molecule has 0 aliphatic rings. The van der Waals surface area contributed by atoms with Crippen molar-refractivity contribution in [2.75, 3.05) is 20.3 Å². The minimum absolute atomic E-state index is 0.437. The fourth-order valence-electron chi connectivity index (χ4n) is 3.23. The second-order valence-corrected chi connectivity index (χ2v) is 8.28. The molecular weight excluding hydrogens is 478 g/mol. The average Bonchev–Trinajstić information content (AvgIpc) is 2.78. The van der Waals surface area contributed by atoms with Crippen molar-refractivity contribution in [3.63, 3.8) is 0 Å². The summed E-state index contributed by atoms with van der Waals surface area (Å²) >= 11 is 9.61. The number of halogens is 2. The number of hydrogen-bond acceptors (Lipinski definition) is 4. The van der Waals surface area contributed by atoms with E-state index in [1.54, 1.807) is 7.11 Å². The van der Waals surface area contributed by atoms with Crippen LogP contribution in [0.1, 0.15) is 23.6 Å². The van der Waals surface area contributed by atoms with Gasteiger partial charge >= 0.3 is 0 Å². The van der Waals surface area contributed by atoms with E-state index in [-0.39, 0.29) is 0 Å². The monoisotopic (exact) mass is 503 g/mol. The fourth-order valence-corrected chi connectivity index (χ4v) is 3.96. The Kier molecular flexibility index (Phi) is 9.07. The van der Waals surface area contributed by atoms with Gasteiger partial charge < -0.3 is 19.5 Å². The van der Waals surface area contributed by atoms with Gasteiger partial charge in [-0.1, -0.05) is 41.9 Å². The molecule has 6 heteroatoms. The van der Waals surface area contributed by atoms with Crippen molar-refractivity contribution in [3.8, 4) is 17.2 Å². The number of para-hydroxylation sites is 1. The Morgan fingerprint density at radius 3 is 2.45 bits per heavy atom. The first-order valence-corrected chi connectivity index (χ1v) is 11.4. The van der Waals surface area contributed by atoms with Gasteiger partial charge in [0.15, 0.2) is 11.5 Å². The van der Waals surface area contributed by atoms with Crippen LogP contribution in [-0.2, 0) is 19.6 Å². The summed E-state index contributed by atoms with van der Waals surface area (Å²) in [7, 11) is 1.70. The molecule has 0 amide bonds. The molecule has 0 unspecified atom stereocenters. The predicted octanol–water partition coefficient (Wildman–Crippen LogP) is 6.42. The molecule has 0 bridgehead atoms. The third kappa shape index (κ3) is 6.89. The summed E-state index contributed by atoms with van der Waals surface area (Å²) < 4.78 is 18.2. The lowest BCUT2D eigenvalue weighted by atomic mass is 10.1. The van der Waals surface area contributed by atoms with Gasteiger partial charge in [-0.05, 0) is 82.8 Å². The predicted molar refractivity (Wildman–Crippen MR) is 129 cm³/mol. The molecule has 0 aliphatic heterocycles. The van der Waals surface area contributed by atoms with Gasteiger partial charge in [0.05, 0.1) is 18.2 Å². The Bertz CT molecular complexity index is 979. The van der Waals surface area contributed by atoms with Gasteiger partial charge in [0.2, 0.25) is 0 Å². The van der Waals surface area contributed by atoms with Crippen molar-refractivity contribution in [2.24, 2.45) is 0 Å². The number of hydrogen-bond donors (Lipinski definition) is 1. The molecule has 0 aromatic heterocycles. The highest BCUT2D eigenvalue weighted by molar-refractivity contribution is 9.10. The maximum atomic E-state index is 6.06. The van der Waals surface area contributed by atoms with E-state index in [4.69, 9.17) is 25.8 Å². The van der Waals surface area contributed by atoms with Gasteiger partial charge in [0.25, 0.3) is 0 Å². The molecule has 0 spiro atoms. The largest absolute Gasteiger partial charge is 0.496 e. The van der Waals surface area contributed by atoms with Gasteiger partial charge in [0.1, 0.15) is 12.4 Å². The van der Waals surface area contributed by atoms with Crippen LogP contribution in [0.15, 0.2) is 65.1 Å². The molecule has 0 atom stereocenters. The van der Waals surface area contributed by atoms with Gasteiger partial charge in [-0.15, -0.1) is 0 Å². The zero-order valence-corrected chi connectivity index (χ0v) is 20.1. The van der Waals surface area contributed by atoms with E-state index in [0.29, 0.717) is 24.0 Å². The highest BCUT2D eigenvalue weighted by atomic mass is 79.9. The van der Waals surface area contributed by atoms with Crippen molar-refractivity contribution < 1.29 is 14.2 Å². The molecule has 0 radical (unpaired) electrons. The van der Waals surface area contributed by atoms with E-state index in [1.165, 1.54) is 5.56 Å². The van der Waals surface area contributed by atoms with Crippen LogP contribution in [0.5, 0.6) is 17.2 Å². The van der Waals surface area contributed by atoms with Crippen molar-refractivity contribution in [1.82, 2.24) is 5.32 Å². The lowest BCUT2D eigenvalue weighted by Crippen LogP contribution is -2.17. The normalized spacial score (nSPS) is 10.7. The minimum Gasteiger partial charge on any atom is -0.496 e. The Morgan fingerprint density at radius 1 is 0.935 bits per heavy atom. The summed E-state index contributed by atoms with van der Waals surface area (Å²) in [5, 5.41) is 4.21. The van der Waals surface area contributed by atoms with Crippen molar-refractivity contribution in [3.05, 3.63) is 86.8 Å². The van der Waals surface area contributed by atoms with E-state index >= 15 is 0 Å². The van der Waals surface area contributed by atoms with Crippen LogP contribution in [-0.4, -0.2) is 20.3 Å². The lowest BCUT2D eigenvalue weighted by Gasteiger charge is -2.16. The van der Waals surface area contributed by atoms with Gasteiger partial charge in [-0.3, -0.25) is 0 Å². The average molecular weight is 505 g/mol. The van der Waals surface area contributed by atoms with Crippen LogP contribution in [0.2, 0.25) is 5.02 Å². The zero-order valence-electron chi connectivity index (χ0n) is 17.8. The van der Waals surface area contributed by atoms with E-state index in [2.05, 4.69) is 33.4 Å². The quantitative estimate of drug-likeness (QED) is 0.306. The molecule has 1 N–H and O–H groups in total. The van der Waals surface area contributed by atoms with Crippen molar-refractivity contribution in [1.29, 1.82) is 0 Å². The fraction of sp³-hybridized carbons (Fsp3) is 0.280. The Labute approximate surface area is 197 Å². The molecular formula is C25H27BrClNO3. The zero-order chi connectivity index (χ0) is 22.1. The first-order valence-electron chi connectivity index (χ1n) is 10.3. The second-order valence-electron chi connectivity index (χ2n) is 6.99. The molecule has 4 nitrogen and oxygen atoms in total. The van der Waals surface area contributed by atoms with Gasteiger partial charge in [-0.2, -0.15) is 0 Å². The molecule has 0 heterocycles. The molecule has 3 aromatic carbocycles. The van der Waals surface area contributed by atoms with E-state index < -0.39 is 0 Å². The van der Waals surface area contributed by atoms with E-state index in [9.17, 15) is 0 Å². The van der Waals surface area contributed by atoms with Crippen molar-refractivity contribution >= 4 is 27.5 Å². The lowest BCUT2D eigenvalue weighted by molar-refractivity contribution is 0.267. The highest BCUT2D eigenvalue weighted by Gasteiger charge is 2.13. The van der Waals surface area contributed by atoms with Crippen LogP contribution >= 0.6 is 27.5 Å². The van der Waals surface area contributed by atoms with E-state index in [0.717, 1.165) is 46.6 Å². The third-order valence-electron chi connectivity index (χ3n) is 4.76. The summed E-state index contributed by atoms with van der Waals surface area (Å²) in [6.07, 6.45) is 0.895. The van der Waals surface area contributed by atoms with Crippen LogP contribution in [0.3, 0.4) is 0 Å². The third-order valence-corrected chi connectivity index (χ3v) is 5.60. The second kappa shape index (κ2) is 12.0. The number of benzene rings is 3. The molecule has 3 aromatic rings. The highest BCUT2D eigenvalue weighted by Crippen LogP contribution is 2.37. The van der Waals surface area contributed by atoms with Gasteiger partial charge in [0, 0.05) is 11.6 Å². The summed E-state index contributed by atoms with van der Waals surface area (Å²) in [4.78, 5) is 0. The summed E-state index contributed by atoms with van der Waals surface area (Å²) in [5.41, 5.74) is 3.36. The molecule has 0 saturated carbocycles. The Hall–Kier alpha value is -2.21. The molecule has 3 rings (SSSR count). The maximum absolute atomic E-state index is 6.06. The summed E-state index contributed by atoms with van der Waals surface area (Å²) in [6, 6.07) is 19.8. The molecule has 0 aliphatic carbocycles. The number of methoxy groups -OCH3 is 1. The smallest absolute Gasteiger partial charge is 0.175 e. The number of ether oxygens (including phenoxy) is 3. The first-order chi connectivity index (χ1) is 15.1. The standard InChI is InChI=1S/C25H27BrClNO3/c1-3-30-24-15-19(16-28-13-12-20-6-4-5-7-23(20)29-2)14-22(26)25(24)31-17-18-8-10-21(27)11-9-18/h4-11,14-15,28H,3,12-13,16-17H2,1-2H3. The first kappa shape index (κ1) is 23.5. The Morgan fingerprint density at radius 2 is 1.71 bits per heavy atom. The number of rotatable bonds is 11. The molecule has 0 fully saturated rings. The molecule has 31 heavy (non-hydrogen) atoms. The summed E-state index contributed by atoms with van der Waals surface area (Å²) in [6.45, 7) is 4.54. The minimum atomic E-state index is 0.437. The van der Waals surface area contributed by atoms with Gasteiger partial charge in [-0.25, -0.2) is 0 Å². The topological polar surface area (TPSA) is 39.7 Å². The van der Waals surface area contributed by atoms with Crippen LogP contribution in [0.25, 0.3) is 0 Å². The van der Waals surface area contributed by atoms with Crippen molar-refractivity contribution in [2.45, 2.75) is 26.5 Å². The summed E-state index contributed by atoms with van der Waals surface area (Å²) in [5.74, 6) is 2.36.